The number of nitrogens with zero attached hydrogens (tertiary/aromatic N) is 1. The van der Waals surface area contributed by atoms with Crippen LogP contribution in [0.3, 0.4) is 0 Å². The number of fused-ring (bicyclic) bond motifs is 2. The van der Waals surface area contributed by atoms with Crippen molar-refractivity contribution in [3.63, 3.8) is 0 Å². The molecule has 1 heterocycles. The summed E-state index contributed by atoms with van der Waals surface area (Å²) in [7, 11) is 2.59. The van der Waals surface area contributed by atoms with Gasteiger partial charge in [0.15, 0.2) is 0 Å². The molecule has 0 unspecified atom stereocenters. The summed E-state index contributed by atoms with van der Waals surface area (Å²) in [5, 5.41) is 0. The molecule has 1 fully saturated rings. The van der Waals surface area contributed by atoms with E-state index in [1.54, 1.807) is 0 Å². The zero-order valence-electron chi connectivity index (χ0n) is 12.8. The molecule has 0 bridgehead atoms. The van der Waals surface area contributed by atoms with Crippen LogP contribution in [0.5, 0.6) is 0 Å². The Balaban J connectivity index is 2.15. The fourth-order valence-electron chi connectivity index (χ4n) is 3.60. The molecule has 0 radical (unpaired) electrons. The molecule has 0 atom stereocenters. The van der Waals surface area contributed by atoms with Crippen molar-refractivity contribution in [1.29, 1.82) is 0 Å². The molecule has 1 spiro atoms. The molecular weight excluding hydrogens is 311 g/mol. The summed E-state index contributed by atoms with van der Waals surface area (Å²) < 4.78 is 46.0. The third-order valence-electron chi connectivity index (χ3n) is 4.88. The average Bonchev–Trinajstić information content (AvgIpc) is 2.72. The van der Waals surface area contributed by atoms with Crippen LogP contribution in [0.15, 0.2) is 12.1 Å². The van der Waals surface area contributed by atoms with Gasteiger partial charge in [0, 0.05) is 19.9 Å². The minimum Gasteiger partial charge on any atom is -0.465 e. The Kier molecular flexibility index (Phi) is 3.42. The Labute approximate surface area is 131 Å². The Morgan fingerprint density at radius 1 is 1.22 bits per heavy atom. The molecule has 1 aliphatic carbocycles. The predicted octanol–water partition coefficient (Wildman–Crippen LogP) is 3.04. The molecule has 0 aromatic heterocycles. The Morgan fingerprint density at radius 3 is 2.39 bits per heavy atom. The lowest BCUT2D eigenvalue weighted by molar-refractivity contribution is -0.127. The molecule has 2 aliphatic rings. The standard InChI is InChI=1S/C16H16F3NO3/c1-20-12-10(7-9(8-11(12)17)13(21)23-2)15(14(20)22)3-5-16(18,19)6-4-15/h7-8H,3-6H2,1-2H3. The SMILES string of the molecule is COC(=O)c1cc(F)c2c(c1)C1(CCC(F)(F)CC1)C(=O)N2C. The zero-order chi connectivity index (χ0) is 17.0. The number of likely N-dealkylation sites (N-methyl/N-ethyl adjacent to an activating group) is 1. The van der Waals surface area contributed by atoms with E-state index in [1.165, 1.54) is 20.2 Å². The summed E-state index contributed by atoms with van der Waals surface area (Å²) in [6, 6.07) is 2.40. The summed E-state index contributed by atoms with van der Waals surface area (Å²) in [6.45, 7) is 0. The molecule has 1 saturated carbocycles. The summed E-state index contributed by atoms with van der Waals surface area (Å²) >= 11 is 0. The number of benzene rings is 1. The molecule has 0 saturated heterocycles. The fraction of sp³-hybridized carbons (Fsp3) is 0.500. The van der Waals surface area contributed by atoms with Gasteiger partial charge in [0.1, 0.15) is 5.82 Å². The third-order valence-corrected chi connectivity index (χ3v) is 4.88. The Bertz CT molecular complexity index is 692. The number of methoxy groups -OCH3 is 1. The van der Waals surface area contributed by atoms with Gasteiger partial charge in [-0.1, -0.05) is 0 Å². The lowest BCUT2D eigenvalue weighted by Crippen LogP contribution is -2.44. The average molecular weight is 327 g/mol. The minimum atomic E-state index is -2.81. The number of hydrogen-bond donors (Lipinski definition) is 0. The van der Waals surface area contributed by atoms with E-state index in [-0.39, 0.29) is 24.1 Å². The maximum Gasteiger partial charge on any atom is 0.337 e. The van der Waals surface area contributed by atoms with E-state index in [4.69, 9.17) is 0 Å². The van der Waals surface area contributed by atoms with Crippen LogP contribution in [0.25, 0.3) is 0 Å². The minimum absolute atomic E-state index is 0.0245. The third kappa shape index (κ3) is 2.21. The first-order valence-electron chi connectivity index (χ1n) is 7.30. The van der Waals surface area contributed by atoms with E-state index in [0.29, 0.717) is 5.56 Å². The van der Waals surface area contributed by atoms with Gasteiger partial charge in [-0.3, -0.25) is 4.79 Å². The van der Waals surface area contributed by atoms with E-state index in [2.05, 4.69) is 4.74 Å². The number of carbonyl (C=O) groups is 2. The van der Waals surface area contributed by atoms with Crippen molar-refractivity contribution in [1.82, 2.24) is 0 Å². The van der Waals surface area contributed by atoms with Crippen molar-refractivity contribution in [3.8, 4) is 0 Å². The number of rotatable bonds is 1. The van der Waals surface area contributed by atoms with E-state index in [1.807, 2.05) is 0 Å². The molecule has 1 aliphatic heterocycles. The van der Waals surface area contributed by atoms with Gasteiger partial charge < -0.3 is 9.64 Å². The monoisotopic (exact) mass is 327 g/mol. The summed E-state index contributed by atoms with van der Waals surface area (Å²) in [6.07, 6.45) is -1.01. The lowest BCUT2D eigenvalue weighted by atomic mass is 9.69. The van der Waals surface area contributed by atoms with Gasteiger partial charge in [0.2, 0.25) is 11.8 Å². The van der Waals surface area contributed by atoms with E-state index in [0.717, 1.165) is 11.0 Å². The van der Waals surface area contributed by atoms with E-state index < -0.39 is 41.9 Å². The second-order valence-electron chi connectivity index (χ2n) is 6.15. The highest BCUT2D eigenvalue weighted by atomic mass is 19.3. The van der Waals surface area contributed by atoms with Gasteiger partial charge in [0.25, 0.3) is 0 Å². The molecule has 1 aromatic carbocycles. The summed E-state index contributed by atoms with van der Waals surface area (Å²) in [4.78, 5) is 25.5. The molecule has 7 heteroatoms. The fourth-order valence-corrected chi connectivity index (χ4v) is 3.60. The van der Waals surface area contributed by atoms with Crippen LogP contribution in [-0.2, 0) is 14.9 Å². The number of carbonyl (C=O) groups excluding carboxylic acids is 2. The van der Waals surface area contributed by atoms with Crippen LogP contribution in [0, 0.1) is 5.82 Å². The van der Waals surface area contributed by atoms with Crippen molar-refractivity contribution in [2.75, 3.05) is 19.1 Å². The van der Waals surface area contributed by atoms with Crippen LogP contribution in [-0.4, -0.2) is 32.0 Å². The summed E-state index contributed by atoms with van der Waals surface area (Å²) in [5.41, 5.74) is -0.839. The Morgan fingerprint density at radius 2 is 1.83 bits per heavy atom. The van der Waals surface area contributed by atoms with Crippen LogP contribution in [0.4, 0.5) is 18.9 Å². The number of hydrogen-bond acceptors (Lipinski definition) is 3. The number of alkyl halides is 2. The number of halogens is 3. The molecule has 1 amide bonds. The molecule has 0 N–H and O–H groups in total. The first kappa shape index (κ1) is 15.8. The summed E-state index contributed by atoms with van der Waals surface area (Å²) in [5.74, 6) is -4.67. The van der Waals surface area contributed by atoms with Gasteiger partial charge in [-0.15, -0.1) is 0 Å². The maximum atomic E-state index is 14.4. The molecule has 4 nitrogen and oxygen atoms in total. The van der Waals surface area contributed by atoms with E-state index >= 15 is 0 Å². The van der Waals surface area contributed by atoms with Crippen LogP contribution in [0.2, 0.25) is 0 Å². The van der Waals surface area contributed by atoms with Gasteiger partial charge in [-0.25, -0.2) is 18.0 Å². The van der Waals surface area contributed by atoms with Gasteiger partial charge in [-0.05, 0) is 30.5 Å². The van der Waals surface area contributed by atoms with Crippen molar-refractivity contribution in [2.24, 2.45) is 0 Å². The van der Waals surface area contributed by atoms with Crippen LogP contribution in [0.1, 0.15) is 41.6 Å². The first-order chi connectivity index (χ1) is 10.7. The lowest BCUT2D eigenvalue weighted by Gasteiger charge is -2.36. The normalized spacial score (nSPS) is 21.4. The van der Waals surface area contributed by atoms with Gasteiger partial charge in [-0.2, -0.15) is 0 Å². The molecule has 3 rings (SSSR count). The predicted molar refractivity (Wildman–Crippen MR) is 76.2 cm³/mol. The van der Waals surface area contributed by atoms with Crippen molar-refractivity contribution < 1.29 is 27.5 Å². The topological polar surface area (TPSA) is 46.6 Å². The number of ether oxygens (including phenoxy) is 1. The zero-order valence-corrected chi connectivity index (χ0v) is 12.8. The van der Waals surface area contributed by atoms with Crippen LogP contribution < -0.4 is 4.90 Å². The van der Waals surface area contributed by atoms with Crippen LogP contribution >= 0.6 is 0 Å². The second-order valence-corrected chi connectivity index (χ2v) is 6.15. The van der Waals surface area contributed by atoms with Gasteiger partial charge >= 0.3 is 5.97 Å². The van der Waals surface area contributed by atoms with E-state index in [9.17, 15) is 22.8 Å². The first-order valence-corrected chi connectivity index (χ1v) is 7.30. The van der Waals surface area contributed by atoms with Crippen molar-refractivity contribution in [3.05, 3.63) is 29.1 Å². The maximum absolute atomic E-state index is 14.4. The number of amides is 1. The highest BCUT2D eigenvalue weighted by Gasteiger charge is 2.55. The van der Waals surface area contributed by atoms with Gasteiger partial charge in [0.05, 0.1) is 23.8 Å². The molecule has 124 valence electrons. The highest BCUT2D eigenvalue weighted by molar-refractivity contribution is 6.08. The second kappa shape index (κ2) is 4.97. The van der Waals surface area contributed by atoms with Crippen molar-refractivity contribution >= 4 is 17.6 Å². The smallest absolute Gasteiger partial charge is 0.337 e. The highest BCUT2D eigenvalue weighted by Crippen LogP contribution is 2.53. The molecule has 23 heavy (non-hydrogen) atoms. The number of anilines is 1. The van der Waals surface area contributed by atoms with Crippen molar-refractivity contribution in [2.45, 2.75) is 37.0 Å². The Hall–Kier alpha value is -2.05. The quantitative estimate of drug-likeness (QED) is 0.745. The largest absolute Gasteiger partial charge is 0.465 e. The number of esters is 1. The molecule has 1 aromatic rings. The molecular formula is C16H16F3NO3.